The summed E-state index contributed by atoms with van der Waals surface area (Å²) in [6, 6.07) is 0. The van der Waals surface area contributed by atoms with Gasteiger partial charge in [-0.3, -0.25) is 0 Å². The van der Waals surface area contributed by atoms with Gasteiger partial charge in [0.05, 0.1) is 6.54 Å². The summed E-state index contributed by atoms with van der Waals surface area (Å²) in [5.74, 6) is 0. The van der Waals surface area contributed by atoms with Gasteiger partial charge in [-0.05, 0) is 6.42 Å². The molecule has 0 unspecified atom stereocenters. The second kappa shape index (κ2) is 5.26. The third-order valence-electron chi connectivity index (χ3n) is 0.971. The molecule has 0 spiro atoms. The van der Waals surface area contributed by atoms with E-state index in [1.165, 1.54) is 6.08 Å². The minimum Gasteiger partial charge on any atom is -0.211 e. The largest absolute Gasteiger partial charge is 0.235 e. The second-order valence-electron chi connectivity index (χ2n) is 1.91. The van der Waals surface area contributed by atoms with E-state index < -0.39 is 0 Å². The quantitative estimate of drug-likeness (QED) is 0.319. The van der Waals surface area contributed by atoms with Crippen LogP contribution in [0.4, 0.5) is 0 Å². The predicted molar refractivity (Wildman–Crippen MR) is 37.0 cm³/mol. The van der Waals surface area contributed by atoms with E-state index in [4.69, 9.17) is 0 Å². The second-order valence-corrected chi connectivity index (χ2v) is 1.91. The molecular formula is C7H11NO. The Morgan fingerprint density at radius 3 is 2.89 bits per heavy atom. The molecule has 0 heterocycles. The average Bonchev–Trinajstić information content (AvgIpc) is 1.85. The van der Waals surface area contributed by atoms with Crippen molar-refractivity contribution in [2.75, 3.05) is 6.54 Å². The minimum atomic E-state index is 0.442. The molecule has 0 saturated heterocycles. The Morgan fingerprint density at radius 1 is 1.78 bits per heavy atom. The summed E-state index contributed by atoms with van der Waals surface area (Å²) in [4.78, 5) is 13.0. The Kier molecular flexibility index (Phi) is 4.75. The number of isocyanates is 1. The highest BCUT2D eigenvalue weighted by atomic mass is 16.1. The van der Waals surface area contributed by atoms with Crippen LogP contribution in [0.2, 0.25) is 0 Å². The van der Waals surface area contributed by atoms with E-state index in [0.29, 0.717) is 6.54 Å². The molecule has 0 aliphatic heterocycles. The van der Waals surface area contributed by atoms with Gasteiger partial charge in [-0.25, -0.2) is 9.79 Å². The van der Waals surface area contributed by atoms with Crippen molar-refractivity contribution < 1.29 is 4.79 Å². The first-order chi connectivity index (χ1) is 4.31. The summed E-state index contributed by atoms with van der Waals surface area (Å²) in [6.45, 7) is 6.22. The molecule has 0 aromatic rings. The van der Waals surface area contributed by atoms with E-state index >= 15 is 0 Å². The van der Waals surface area contributed by atoms with Crippen LogP contribution >= 0.6 is 0 Å². The monoisotopic (exact) mass is 125 g/mol. The van der Waals surface area contributed by atoms with E-state index in [2.05, 4.69) is 18.5 Å². The van der Waals surface area contributed by atoms with Gasteiger partial charge < -0.3 is 0 Å². The van der Waals surface area contributed by atoms with Gasteiger partial charge in [0.2, 0.25) is 6.08 Å². The Hall–Kier alpha value is -0.880. The highest BCUT2D eigenvalue weighted by molar-refractivity contribution is 5.33. The van der Waals surface area contributed by atoms with E-state index in [-0.39, 0.29) is 0 Å². The number of hydrogen-bond acceptors (Lipinski definition) is 2. The first kappa shape index (κ1) is 8.12. The van der Waals surface area contributed by atoms with Crippen LogP contribution in [-0.2, 0) is 4.79 Å². The van der Waals surface area contributed by atoms with E-state index in [9.17, 15) is 4.79 Å². The molecule has 0 bridgehead atoms. The first-order valence-electron chi connectivity index (χ1n) is 3.01. The van der Waals surface area contributed by atoms with Gasteiger partial charge in [0.15, 0.2) is 0 Å². The highest BCUT2D eigenvalue weighted by Gasteiger charge is 1.87. The lowest BCUT2D eigenvalue weighted by Gasteiger charge is -1.94. The summed E-state index contributed by atoms with van der Waals surface area (Å²) in [7, 11) is 0. The van der Waals surface area contributed by atoms with E-state index in [1.54, 1.807) is 0 Å². The zero-order valence-corrected chi connectivity index (χ0v) is 5.68. The smallest absolute Gasteiger partial charge is 0.211 e. The molecule has 0 aliphatic rings. The topological polar surface area (TPSA) is 29.4 Å². The molecule has 0 rings (SSSR count). The zero-order valence-electron chi connectivity index (χ0n) is 5.68. The highest BCUT2D eigenvalue weighted by Crippen LogP contribution is 2.00. The Labute approximate surface area is 55.3 Å². The summed E-state index contributed by atoms with van der Waals surface area (Å²) in [6.07, 6.45) is 3.48. The van der Waals surface area contributed by atoms with Gasteiger partial charge in [-0.2, -0.15) is 0 Å². The van der Waals surface area contributed by atoms with Crippen LogP contribution in [0.1, 0.15) is 19.8 Å². The van der Waals surface area contributed by atoms with Crippen LogP contribution in [0, 0.1) is 0 Å². The average molecular weight is 125 g/mol. The molecule has 0 aromatic heterocycles. The molecule has 0 fully saturated rings. The number of carbonyl (C=O) groups excluding carboxylic acids is 1. The molecule has 9 heavy (non-hydrogen) atoms. The van der Waals surface area contributed by atoms with Gasteiger partial charge in [-0.15, -0.1) is 0 Å². The summed E-state index contributed by atoms with van der Waals surface area (Å²) >= 11 is 0. The van der Waals surface area contributed by atoms with Crippen LogP contribution in [-0.4, -0.2) is 12.6 Å². The lowest BCUT2D eigenvalue weighted by molar-refractivity contribution is 0.563. The predicted octanol–water partition coefficient (Wildman–Crippen LogP) is 1.68. The zero-order chi connectivity index (χ0) is 7.11. The number of nitrogens with zero attached hydrogens (tertiary/aromatic N) is 1. The SMILES string of the molecule is C=C(CCC)CN=C=O. The fraction of sp³-hybridized carbons (Fsp3) is 0.571. The molecule has 0 aliphatic carbocycles. The fourth-order valence-electron chi connectivity index (χ4n) is 0.577. The van der Waals surface area contributed by atoms with Gasteiger partial charge in [0.1, 0.15) is 0 Å². The summed E-state index contributed by atoms with van der Waals surface area (Å²) in [5, 5.41) is 0. The van der Waals surface area contributed by atoms with E-state index in [1.807, 2.05) is 0 Å². The van der Waals surface area contributed by atoms with Gasteiger partial charge >= 0.3 is 0 Å². The molecule has 0 amide bonds. The molecule has 0 N–H and O–H groups in total. The van der Waals surface area contributed by atoms with Crippen LogP contribution in [0.15, 0.2) is 17.1 Å². The van der Waals surface area contributed by atoms with Crippen molar-refractivity contribution in [1.82, 2.24) is 0 Å². The molecule has 2 nitrogen and oxygen atoms in total. The normalized spacial score (nSPS) is 8.11. The maximum Gasteiger partial charge on any atom is 0.235 e. The van der Waals surface area contributed by atoms with Crippen molar-refractivity contribution >= 4 is 6.08 Å². The standard InChI is InChI=1S/C7H11NO/c1-3-4-7(2)5-8-6-9/h2-5H2,1H3. The summed E-state index contributed by atoms with van der Waals surface area (Å²) < 4.78 is 0. The Balaban J connectivity index is 3.38. The molecule has 2 heteroatoms. The third kappa shape index (κ3) is 4.98. The number of hydrogen-bond donors (Lipinski definition) is 0. The van der Waals surface area contributed by atoms with Gasteiger partial charge in [0.25, 0.3) is 0 Å². The lowest BCUT2D eigenvalue weighted by Crippen LogP contribution is -1.84. The van der Waals surface area contributed by atoms with Crippen molar-refractivity contribution in [2.45, 2.75) is 19.8 Å². The fourth-order valence-corrected chi connectivity index (χ4v) is 0.577. The molecule has 0 aromatic carbocycles. The maximum absolute atomic E-state index is 9.58. The Bertz CT molecular complexity index is 134. The molecular weight excluding hydrogens is 114 g/mol. The van der Waals surface area contributed by atoms with Crippen LogP contribution < -0.4 is 0 Å². The van der Waals surface area contributed by atoms with Gasteiger partial charge in [0, 0.05) is 0 Å². The third-order valence-corrected chi connectivity index (χ3v) is 0.971. The van der Waals surface area contributed by atoms with Gasteiger partial charge in [-0.1, -0.05) is 25.5 Å². The molecule has 0 atom stereocenters. The van der Waals surface area contributed by atoms with Crippen LogP contribution in [0.3, 0.4) is 0 Å². The first-order valence-corrected chi connectivity index (χ1v) is 3.01. The van der Waals surface area contributed by atoms with Crippen molar-refractivity contribution in [3.8, 4) is 0 Å². The van der Waals surface area contributed by atoms with E-state index in [0.717, 1.165) is 18.4 Å². The van der Waals surface area contributed by atoms with Crippen molar-refractivity contribution in [3.63, 3.8) is 0 Å². The molecule has 0 radical (unpaired) electrons. The molecule has 50 valence electrons. The minimum absolute atomic E-state index is 0.442. The molecule has 0 saturated carbocycles. The maximum atomic E-state index is 9.58. The van der Waals surface area contributed by atoms with Crippen molar-refractivity contribution in [1.29, 1.82) is 0 Å². The van der Waals surface area contributed by atoms with Crippen LogP contribution in [0.25, 0.3) is 0 Å². The van der Waals surface area contributed by atoms with Crippen molar-refractivity contribution in [3.05, 3.63) is 12.2 Å². The number of aliphatic imine (C=N–C) groups is 1. The number of rotatable bonds is 4. The Morgan fingerprint density at radius 2 is 2.44 bits per heavy atom. The van der Waals surface area contributed by atoms with Crippen LogP contribution in [0.5, 0.6) is 0 Å². The van der Waals surface area contributed by atoms with Crippen molar-refractivity contribution in [2.24, 2.45) is 4.99 Å². The lowest BCUT2D eigenvalue weighted by atomic mass is 10.2. The summed E-state index contributed by atoms with van der Waals surface area (Å²) in [5.41, 5.74) is 1.00.